The first kappa shape index (κ1) is 18.1. The first-order valence-corrected chi connectivity index (χ1v) is 7.78. The highest BCUT2D eigenvalue weighted by Crippen LogP contribution is 2.24. The lowest BCUT2D eigenvalue weighted by Crippen LogP contribution is -2.42. The largest absolute Gasteiger partial charge is 0.405 e. The Kier molecular flexibility index (Phi) is 5.69. The highest BCUT2D eigenvalue weighted by Gasteiger charge is 2.28. The van der Waals surface area contributed by atoms with Gasteiger partial charge in [-0.2, -0.15) is 13.2 Å². The van der Waals surface area contributed by atoms with Crippen LogP contribution in [0.25, 0.3) is 0 Å². The van der Waals surface area contributed by atoms with Crippen LogP contribution in [0.4, 0.5) is 24.5 Å². The minimum Gasteiger partial charge on any atom is -0.374 e. The third kappa shape index (κ3) is 5.14. The van der Waals surface area contributed by atoms with E-state index in [1.54, 1.807) is 29.2 Å². The lowest BCUT2D eigenvalue weighted by Gasteiger charge is -2.27. The molecule has 0 radical (unpaired) electrons. The molecule has 1 saturated heterocycles. The number of benzene rings is 1. The van der Waals surface area contributed by atoms with Crippen LogP contribution in [-0.2, 0) is 9.59 Å². The Labute approximate surface area is 138 Å². The average molecular weight is 343 g/mol. The van der Waals surface area contributed by atoms with Crippen LogP contribution >= 0.6 is 0 Å². The Balaban J connectivity index is 1.98. The standard InChI is InChI=1S/C16H20F3N3O2/c1-11(15(24)20-10-16(17,18)19)21-12-5-4-6-13(9-12)22-8-3-2-7-14(22)23/h4-6,9,11,21H,2-3,7-8,10H2,1H3,(H,20,24)/t11-/m1/s1. The van der Waals surface area contributed by atoms with E-state index >= 15 is 0 Å². The van der Waals surface area contributed by atoms with E-state index < -0.39 is 24.7 Å². The van der Waals surface area contributed by atoms with Gasteiger partial charge >= 0.3 is 6.18 Å². The summed E-state index contributed by atoms with van der Waals surface area (Å²) in [6.07, 6.45) is -2.12. The van der Waals surface area contributed by atoms with Crippen molar-refractivity contribution in [2.45, 2.75) is 38.4 Å². The van der Waals surface area contributed by atoms with Gasteiger partial charge in [0.25, 0.3) is 0 Å². The van der Waals surface area contributed by atoms with E-state index in [0.717, 1.165) is 12.8 Å². The molecular weight excluding hydrogens is 323 g/mol. The van der Waals surface area contributed by atoms with E-state index in [4.69, 9.17) is 0 Å². The van der Waals surface area contributed by atoms with E-state index in [1.807, 2.05) is 5.32 Å². The molecule has 0 saturated carbocycles. The zero-order chi connectivity index (χ0) is 17.7. The summed E-state index contributed by atoms with van der Waals surface area (Å²) >= 11 is 0. The van der Waals surface area contributed by atoms with Gasteiger partial charge in [-0.15, -0.1) is 0 Å². The first-order chi connectivity index (χ1) is 11.3. The number of alkyl halides is 3. The van der Waals surface area contributed by atoms with E-state index in [-0.39, 0.29) is 5.91 Å². The number of piperidine rings is 1. The van der Waals surface area contributed by atoms with Gasteiger partial charge in [-0.25, -0.2) is 0 Å². The molecule has 0 unspecified atom stereocenters. The Hall–Kier alpha value is -2.25. The number of rotatable bonds is 5. The lowest BCUT2D eigenvalue weighted by atomic mass is 10.1. The first-order valence-electron chi connectivity index (χ1n) is 7.78. The van der Waals surface area contributed by atoms with Gasteiger partial charge in [0.15, 0.2) is 0 Å². The summed E-state index contributed by atoms with van der Waals surface area (Å²) in [5.74, 6) is -0.693. The molecule has 1 aromatic rings. The molecular formula is C16H20F3N3O2. The van der Waals surface area contributed by atoms with Crippen molar-refractivity contribution in [3.8, 4) is 0 Å². The van der Waals surface area contributed by atoms with Crippen LogP contribution in [0.15, 0.2) is 24.3 Å². The summed E-state index contributed by atoms with van der Waals surface area (Å²) in [6.45, 7) is 0.758. The van der Waals surface area contributed by atoms with Crippen LogP contribution in [0.3, 0.4) is 0 Å². The number of halogens is 3. The predicted octanol–water partition coefficient (Wildman–Crippen LogP) is 2.68. The molecule has 0 aliphatic carbocycles. The van der Waals surface area contributed by atoms with Gasteiger partial charge in [0.1, 0.15) is 12.6 Å². The second-order valence-electron chi connectivity index (χ2n) is 5.75. The minimum atomic E-state index is -4.44. The third-order valence-corrected chi connectivity index (χ3v) is 3.72. The van der Waals surface area contributed by atoms with Crippen LogP contribution in [-0.4, -0.2) is 37.1 Å². The summed E-state index contributed by atoms with van der Waals surface area (Å²) in [6, 6.07) is 6.12. The van der Waals surface area contributed by atoms with Crippen LogP contribution in [0.2, 0.25) is 0 Å². The maximum Gasteiger partial charge on any atom is 0.405 e. The highest BCUT2D eigenvalue weighted by atomic mass is 19.4. The highest BCUT2D eigenvalue weighted by molar-refractivity contribution is 5.94. The van der Waals surface area contributed by atoms with Crippen molar-refractivity contribution in [3.63, 3.8) is 0 Å². The molecule has 1 atom stereocenters. The monoisotopic (exact) mass is 343 g/mol. The Morgan fingerprint density at radius 3 is 2.75 bits per heavy atom. The van der Waals surface area contributed by atoms with Gasteiger partial charge in [-0.3, -0.25) is 9.59 Å². The maximum absolute atomic E-state index is 12.1. The summed E-state index contributed by atoms with van der Waals surface area (Å²) in [7, 11) is 0. The molecule has 5 nitrogen and oxygen atoms in total. The van der Waals surface area contributed by atoms with Crippen molar-refractivity contribution in [1.82, 2.24) is 5.32 Å². The fourth-order valence-corrected chi connectivity index (χ4v) is 2.50. The SMILES string of the molecule is C[C@@H](Nc1cccc(N2CCCCC2=O)c1)C(=O)NCC(F)(F)F. The molecule has 1 fully saturated rings. The zero-order valence-electron chi connectivity index (χ0n) is 13.3. The van der Waals surface area contributed by atoms with Gasteiger partial charge < -0.3 is 15.5 Å². The molecule has 24 heavy (non-hydrogen) atoms. The number of amides is 2. The predicted molar refractivity (Wildman–Crippen MR) is 84.8 cm³/mol. The van der Waals surface area contributed by atoms with Gasteiger partial charge in [0.05, 0.1) is 0 Å². The van der Waals surface area contributed by atoms with E-state index in [1.165, 1.54) is 6.92 Å². The Morgan fingerprint density at radius 2 is 2.08 bits per heavy atom. The molecule has 132 valence electrons. The quantitative estimate of drug-likeness (QED) is 0.864. The average Bonchev–Trinajstić information content (AvgIpc) is 2.52. The molecule has 0 bridgehead atoms. The number of carbonyl (C=O) groups excluding carboxylic acids is 2. The number of hydrogen-bond donors (Lipinski definition) is 2. The van der Waals surface area contributed by atoms with Gasteiger partial charge in [0.2, 0.25) is 11.8 Å². The van der Waals surface area contributed by atoms with Crippen LogP contribution in [0, 0.1) is 0 Å². The molecule has 2 amide bonds. The van der Waals surface area contributed by atoms with Crippen molar-refractivity contribution in [2.24, 2.45) is 0 Å². The lowest BCUT2D eigenvalue weighted by molar-refractivity contribution is -0.138. The van der Waals surface area contributed by atoms with Crippen LogP contribution in [0.1, 0.15) is 26.2 Å². The molecule has 2 N–H and O–H groups in total. The van der Waals surface area contributed by atoms with E-state index in [2.05, 4.69) is 5.32 Å². The van der Waals surface area contributed by atoms with E-state index in [9.17, 15) is 22.8 Å². The molecule has 1 aliphatic rings. The van der Waals surface area contributed by atoms with Gasteiger partial charge in [-0.1, -0.05) is 6.07 Å². The summed E-state index contributed by atoms with van der Waals surface area (Å²) in [5, 5.41) is 4.69. The number of nitrogens with zero attached hydrogens (tertiary/aromatic N) is 1. The molecule has 1 aliphatic heterocycles. The van der Waals surface area contributed by atoms with Crippen LogP contribution < -0.4 is 15.5 Å². The second kappa shape index (κ2) is 7.55. The van der Waals surface area contributed by atoms with Crippen molar-refractivity contribution in [3.05, 3.63) is 24.3 Å². The Morgan fingerprint density at radius 1 is 1.33 bits per heavy atom. The normalized spacial score (nSPS) is 16.7. The number of nitrogens with one attached hydrogen (secondary N) is 2. The molecule has 1 aromatic carbocycles. The number of carbonyl (C=O) groups is 2. The number of anilines is 2. The molecule has 0 aromatic heterocycles. The number of hydrogen-bond acceptors (Lipinski definition) is 3. The summed E-state index contributed by atoms with van der Waals surface area (Å²) in [5.41, 5.74) is 1.29. The zero-order valence-corrected chi connectivity index (χ0v) is 13.3. The van der Waals surface area contributed by atoms with Crippen molar-refractivity contribution < 1.29 is 22.8 Å². The summed E-state index contributed by atoms with van der Waals surface area (Å²) in [4.78, 5) is 25.3. The van der Waals surface area contributed by atoms with E-state index in [0.29, 0.717) is 24.3 Å². The molecule has 8 heteroatoms. The third-order valence-electron chi connectivity index (χ3n) is 3.72. The fraction of sp³-hybridized carbons (Fsp3) is 0.500. The minimum absolute atomic E-state index is 0.0503. The van der Waals surface area contributed by atoms with Crippen LogP contribution in [0.5, 0.6) is 0 Å². The van der Waals surface area contributed by atoms with Gasteiger partial charge in [-0.05, 0) is 38.0 Å². The van der Waals surface area contributed by atoms with Crippen molar-refractivity contribution >= 4 is 23.2 Å². The topological polar surface area (TPSA) is 61.4 Å². The molecule has 0 spiro atoms. The van der Waals surface area contributed by atoms with Crippen molar-refractivity contribution in [2.75, 3.05) is 23.3 Å². The smallest absolute Gasteiger partial charge is 0.374 e. The maximum atomic E-state index is 12.1. The second-order valence-corrected chi connectivity index (χ2v) is 5.75. The molecule has 2 rings (SSSR count). The Bertz CT molecular complexity index is 604. The van der Waals surface area contributed by atoms with Crippen molar-refractivity contribution in [1.29, 1.82) is 0 Å². The van der Waals surface area contributed by atoms with Gasteiger partial charge in [0, 0.05) is 24.3 Å². The summed E-state index contributed by atoms with van der Waals surface area (Å²) < 4.78 is 36.4. The fourth-order valence-electron chi connectivity index (χ4n) is 2.50. The molecule has 1 heterocycles.